The molecule has 1 aliphatic rings. The van der Waals surface area contributed by atoms with Crippen LogP contribution in [0.25, 0.3) is 0 Å². The topological polar surface area (TPSA) is 101 Å². The first kappa shape index (κ1) is 37.8. The number of methoxy groups -OCH3 is 2. The first-order valence-electron chi connectivity index (χ1n) is 16.5. The van der Waals surface area contributed by atoms with Crippen molar-refractivity contribution in [3.8, 4) is 0 Å². The average molecular weight is 583 g/mol. The molecule has 0 spiro atoms. The Labute approximate surface area is 252 Å². The average Bonchev–Trinajstić information content (AvgIpc) is 2.90. The van der Waals surface area contributed by atoms with Gasteiger partial charge in [-0.3, -0.25) is 9.59 Å². The van der Waals surface area contributed by atoms with Gasteiger partial charge >= 0.3 is 0 Å². The van der Waals surface area contributed by atoms with E-state index in [1.165, 1.54) is 77.0 Å². The van der Waals surface area contributed by atoms with Gasteiger partial charge in [-0.1, -0.05) is 90.4 Å². The standard InChI is InChI=1S/C33H66N4O4/c1-9-10-11-12-13-14-15-16-17-18-19-20-21-22-23-33(41-8)27-35-25-30(2,3)36-28(38)32(6,40-7)26-34-24-31(4,5)37-29(33)39/h34-35H,9-27H2,1-8H3,(H,36,38)(H,37,39). The monoisotopic (exact) mass is 583 g/mol. The Kier molecular flexibility index (Phi) is 17.6. The minimum Gasteiger partial charge on any atom is -0.367 e. The van der Waals surface area contributed by atoms with Crippen LogP contribution in [-0.4, -0.2) is 74.5 Å². The summed E-state index contributed by atoms with van der Waals surface area (Å²) >= 11 is 0. The number of carbonyl (C=O) groups excluding carboxylic acids is 2. The van der Waals surface area contributed by atoms with Crippen LogP contribution in [-0.2, 0) is 19.1 Å². The van der Waals surface area contributed by atoms with Crippen molar-refractivity contribution in [2.75, 3.05) is 40.4 Å². The summed E-state index contributed by atoms with van der Waals surface area (Å²) in [5.74, 6) is -0.263. The number of amides is 2. The second kappa shape index (κ2) is 19.1. The number of hydrogen-bond donors (Lipinski definition) is 4. The highest BCUT2D eigenvalue weighted by molar-refractivity contribution is 5.86. The molecule has 8 heteroatoms. The molecule has 0 aromatic carbocycles. The summed E-state index contributed by atoms with van der Waals surface area (Å²) in [7, 11) is 3.18. The maximum Gasteiger partial charge on any atom is 0.254 e. The third-order valence-corrected chi connectivity index (χ3v) is 8.58. The molecule has 1 rings (SSSR count). The molecule has 0 radical (unpaired) electrons. The van der Waals surface area contributed by atoms with Crippen LogP contribution in [0.15, 0.2) is 0 Å². The van der Waals surface area contributed by atoms with Crippen LogP contribution in [0.4, 0.5) is 0 Å². The van der Waals surface area contributed by atoms with Crippen LogP contribution in [0.3, 0.4) is 0 Å². The molecule has 1 aliphatic heterocycles. The molecule has 0 bridgehead atoms. The van der Waals surface area contributed by atoms with E-state index in [2.05, 4.69) is 28.2 Å². The summed E-state index contributed by atoms with van der Waals surface area (Å²) in [5, 5.41) is 13.1. The highest BCUT2D eigenvalue weighted by atomic mass is 16.5. The maximum atomic E-state index is 13.7. The molecule has 1 saturated heterocycles. The molecule has 8 nitrogen and oxygen atoms in total. The number of ether oxygens (including phenoxy) is 2. The van der Waals surface area contributed by atoms with Gasteiger partial charge in [-0.25, -0.2) is 0 Å². The second-order valence-corrected chi connectivity index (χ2v) is 13.9. The molecule has 1 heterocycles. The fraction of sp³-hybridized carbons (Fsp3) is 0.939. The summed E-state index contributed by atoms with van der Waals surface area (Å²) < 4.78 is 11.6. The summed E-state index contributed by atoms with van der Waals surface area (Å²) in [6.07, 6.45) is 18.8. The molecule has 2 unspecified atom stereocenters. The molecule has 2 amide bonds. The molecule has 0 aliphatic carbocycles. The minimum absolute atomic E-state index is 0.0950. The molecular formula is C33H66N4O4. The number of hydrogen-bond acceptors (Lipinski definition) is 6. The number of rotatable bonds is 17. The predicted molar refractivity (Wildman–Crippen MR) is 170 cm³/mol. The largest absolute Gasteiger partial charge is 0.367 e. The Morgan fingerprint density at radius 2 is 0.976 bits per heavy atom. The summed E-state index contributed by atoms with van der Waals surface area (Å²) in [6.45, 7) is 13.6. The zero-order valence-electron chi connectivity index (χ0n) is 28.1. The van der Waals surface area contributed by atoms with Crippen LogP contribution in [0.2, 0.25) is 0 Å². The molecule has 0 saturated carbocycles. The second-order valence-electron chi connectivity index (χ2n) is 13.9. The van der Waals surface area contributed by atoms with Crippen molar-refractivity contribution in [2.24, 2.45) is 0 Å². The molecule has 0 aromatic rings. The summed E-state index contributed by atoms with van der Waals surface area (Å²) in [6, 6.07) is 0. The first-order valence-corrected chi connectivity index (χ1v) is 16.5. The Morgan fingerprint density at radius 1 is 0.561 bits per heavy atom. The molecule has 2 atom stereocenters. The zero-order chi connectivity index (χ0) is 30.8. The van der Waals surface area contributed by atoms with Gasteiger partial charge in [-0.15, -0.1) is 0 Å². The van der Waals surface area contributed by atoms with Gasteiger partial charge in [0, 0.05) is 51.5 Å². The van der Waals surface area contributed by atoms with Gasteiger partial charge in [0.2, 0.25) is 0 Å². The third kappa shape index (κ3) is 14.7. The van der Waals surface area contributed by atoms with E-state index < -0.39 is 22.3 Å². The van der Waals surface area contributed by atoms with Crippen LogP contribution >= 0.6 is 0 Å². The van der Waals surface area contributed by atoms with E-state index in [1.807, 2.05) is 27.7 Å². The smallest absolute Gasteiger partial charge is 0.254 e. The van der Waals surface area contributed by atoms with E-state index in [9.17, 15) is 9.59 Å². The minimum atomic E-state index is -1.02. The Hall–Kier alpha value is -1.22. The van der Waals surface area contributed by atoms with Crippen LogP contribution in [0.5, 0.6) is 0 Å². The van der Waals surface area contributed by atoms with Gasteiger partial charge in [0.05, 0.1) is 0 Å². The lowest BCUT2D eigenvalue weighted by Gasteiger charge is -2.39. The summed E-state index contributed by atoms with van der Waals surface area (Å²) in [5.41, 5.74) is -3.07. The molecule has 4 N–H and O–H groups in total. The number of unbranched alkanes of at least 4 members (excludes halogenated alkanes) is 13. The van der Waals surface area contributed by atoms with Crippen molar-refractivity contribution in [1.29, 1.82) is 0 Å². The SMILES string of the molecule is CCCCCCCCCCCCCCCCC1(OC)CNCC(C)(C)NC(=O)C(C)(OC)CNCC(C)(C)NC1=O. The Balaban J connectivity index is 2.63. The lowest BCUT2D eigenvalue weighted by molar-refractivity contribution is -0.147. The molecule has 0 aromatic heterocycles. The van der Waals surface area contributed by atoms with Crippen molar-refractivity contribution in [1.82, 2.24) is 21.3 Å². The van der Waals surface area contributed by atoms with E-state index >= 15 is 0 Å². The van der Waals surface area contributed by atoms with Crippen molar-refractivity contribution in [3.63, 3.8) is 0 Å². The van der Waals surface area contributed by atoms with E-state index in [0.29, 0.717) is 32.6 Å². The van der Waals surface area contributed by atoms with Gasteiger partial charge in [0.15, 0.2) is 11.2 Å². The molecule has 41 heavy (non-hydrogen) atoms. The number of nitrogens with one attached hydrogen (secondary N) is 4. The van der Waals surface area contributed by atoms with Crippen molar-refractivity contribution >= 4 is 11.8 Å². The van der Waals surface area contributed by atoms with Gasteiger partial charge < -0.3 is 30.7 Å². The quantitative estimate of drug-likeness (QED) is 0.166. The van der Waals surface area contributed by atoms with Crippen molar-refractivity contribution in [2.45, 2.75) is 160 Å². The van der Waals surface area contributed by atoms with Gasteiger partial charge in [0.25, 0.3) is 11.8 Å². The highest BCUT2D eigenvalue weighted by Gasteiger charge is 2.42. The van der Waals surface area contributed by atoms with Crippen LogP contribution in [0, 0.1) is 0 Å². The van der Waals surface area contributed by atoms with Gasteiger partial charge in [-0.05, 0) is 47.5 Å². The van der Waals surface area contributed by atoms with Crippen molar-refractivity contribution in [3.05, 3.63) is 0 Å². The Morgan fingerprint density at radius 3 is 1.41 bits per heavy atom. The number of carbonyl (C=O) groups is 2. The summed E-state index contributed by atoms with van der Waals surface area (Å²) in [4.78, 5) is 26.8. The zero-order valence-corrected chi connectivity index (χ0v) is 28.1. The molecule has 1 fully saturated rings. The predicted octanol–water partition coefficient (Wildman–Crippen LogP) is 5.63. The van der Waals surface area contributed by atoms with Crippen LogP contribution < -0.4 is 21.3 Å². The normalized spacial score (nSPS) is 25.8. The fourth-order valence-corrected chi connectivity index (χ4v) is 5.54. The van der Waals surface area contributed by atoms with E-state index in [4.69, 9.17) is 9.47 Å². The molecule has 242 valence electrons. The lowest BCUT2D eigenvalue weighted by atomic mass is 9.91. The highest BCUT2D eigenvalue weighted by Crippen LogP contribution is 2.23. The first-order chi connectivity index (χ1) is 19.4. The van der Waals surface area contributed by atoms with Crippen molar-refractivity contribution < 1.29 is 19.1 Å². The lowest BCUT2D eigenvalue weighted by Crippen LogP contribution is -2.65. The van der Waals surface area contributed by atoms with E-state index in [-0.39, 0.29) is 11.8 Å². The van der Waals surface area contributed by atoms with Gasteiger partial charge in [0.1, 0.15) is 0 Å². The Bertz CT molecular complexity index is 745. The van der Waals surface area contributed by atoms with Crippen LogP contribution in [0.1, 0.15) is 138 Å². The third-order valence-electron chi connectivity index (χ3n) is 8.58. The van der Waals surface area contributed by atoms with Gasteiger partial charge in [-0.2, -0.15) is 0 Å². The fourth-order valence-electron chi connectivity index (χ4n) is 5.54. The van der Waals surface area contributed by atoms with E-state index in [0.717, 1.165) is 12.8 Å². The maximum absolute atomic E-state index is 13.7. The molecular weight excluding hydrogens is 516 g/mol. The van der Waals surface area contributed by atoms with E-state index in [1.54, 1.807) is 21.1 Å².